The molecule has 2 aliphatic rings. The van der Waals surface area contributed by atoms with Crippen molar-refractivity contribution in [3.63, 3.8) is 0 Å². The SMILES string of the molecule is CN=C(NCCOc1cccc(NC(C)=O)c1)N1CCN(C(=O)C2CCCO2)CC1. The van der Waals surface area contributed by atoms with Crippen molar-refractivity contribution in [2.24, 2.45) is 4.99 Å². The van der Waals surface area contributed by atoms with Crippen LogP contribution in [-0.4, -0.2) is 86.7 Å². The quantitative estimate of drug-likeness (QED) is 0.406. The van der Waals surface area contributed by atoms with E-state index in [9.17, 15) is 9.59 Å². The van der Waals surface area contributed by atoms with E-state index in [4.69, 9.17) is 9.47 Å². The molecule has 3 rings (SSSR count). The van der Waals surface area contributed by atoms with E-state index in [1.807, 2.05) is 23.1 Å². The summed E-state index contributed by atoms with van der Waals surface area (Å²) in [6.07, 6.45) is 1.54. The van der Waals surface area contributed by atoms with Crippen molar-refractivity contribution < 1.29 is 19.1 Å². The Labute approximate surface area is 177 Å². The van der Waals surface area contributed by atoms with Crippen LogP contribution in [0, 0.1) is 0 Å². The topological polar surface area (TPSA) is 95.5 Å². The van der Waals surface area contributed by atoms with Gasteiger partial charge in [-0.1, -0.05) is 6.07 Å². The molecule has 0 spiro atoms. The molecule has 2 amide bonds. The predicted molar refractivity (Wildman–Crippen MR) is 115 cm³/mol. The lowest BCUT2D eigenvalue weighted by atomic mass is 10.2. The number of hydrogen-bond donors (Lipinski definition) is 2. The minimum absolute atomic E-state index is 0.116. The Morgan fingerprint density at radius 3 is 2.67 bits per heavy atom. The second-order valence-corrected chi connectivity index (χ2v) is 7.35. The second-order valence-electron chi connectivity index (χ2n) is 7.35. The summed E-state index contributed by atoms with van der Waals surface area (Å²) >= 11 is 0. The fourth-order valence-electron chi connectivity index (χ4n) is 3.65. The number of rotatable bonds is 6. The number of ether oxygens (including phenoxy) is 2. The molecule has 9 heteroatoms. The summed E-state index contributed by atoms with van der Waals surface area (Å²) in [5.41, 5.74) is 0.708. The monoisotopic (exact) mass is 417 g/mol. The van der Waals surface area contributed by atoms with Crippen LogP contribution in [0.3, 0.4) is 0 Å². The molecule has 0 aromatic heterocycles. The standard InChI is InChI=1S/C21H31N5O4/c1-16(27)24-17-5-3-6-18(15-17)29-14-8-23-21(22-2)26-11-9-25(10-12-26)20(28)19-7-4-13-30-19/h3,5-6,15,19H,4,7-14H2,1-2H3,(H,22,23)(H,24,27). The fourth-order valence-corrected chi connectivity index (χ4v) is 3.65. The van der Waals surface area contributed by atoms with Gasteiger partial charge in [0, 0.05) is 58.5 Å². The van der Waals surface area contributed by atoms with Gasteiger partial charge in [-0.05, 0) is 25.0 Å². The molecule has 2 fully saturated rings. The number of hydrogen-bond acceptors (Lipinski definition) is 5. The van der Waals surface area contributed by atoms with Crippen molar-refractivity contribution in [1.29, 1.82) is 0 Å². The number of aliphatic imine (C=N–C) groups is 1. The Hall–Kier alpha value is -2.81. The van der Waals surface area contributed by atoms with Crippen LogP contribution in [0.4, 0.5) is 5.69 Å². The van der Waals surface area contributed by atoms with Crippen LogP contribution >= 0.6 is 0 Å². The van der Waals surface area contributed by atoms with Gasteiger partial charge >= 0.3 is 0 Å². The molecule has 2 aliphatic heterocycles. The largest absolute Gasteiger partial charge is 0.492 e. The smallest absolute Gasteiger partial charge is 0.251 e. The van der Waals surface area contributed by atoms with Crippen LogP contribution in [0.1, 0.15) is 19.8 Å². The number of carbonyl (C=O) groups excluding carboxylic acids is 2. The van der Waals surface area contributed by atoms with Crippen LogP contribution in [0.5, 0.6) is 5.75 Å². The number of anilines is 1. The summed E-state index contributed by atoms with van der Waals surface area (Å²) in [4.78, 5) is 32.0. The van der Waals surface area contributed by atoms with Crippen molar-refractivity contribution >= 4 is 23.5 Å². The first kappa shape index (κ1) is 21.9. The summed E-state index contributed by atoms with van der Waals surface area (Å²) in [7, 11) is 1.75. The van der Waals surface area contributed by atoms with Gasteiger partial charge in [-0.15, -0.1) is 0 Å². The van der Waals surface area contributed by atoms with E-state index in [0.29, 0.717) is 44.3 Å². The van der Waals surface area contributed by atoms with E-state index in [2.05, 4.69) is 20.5 Å². The Bertz CT molecular complexity index is 756. The van der Waals surface area contributed by atoms with Gasteiger partial charge in [0.2, 0.25) is 5.91 Å². The van der Waals surface area contributed by atoms with Crippen LogP contribution in [0.2, 0.25) is 0 Å². The lowest BCUT2D eigenvalue weighted by molar-refractivity contribution is -0.142. The van der Waals surface area contributed by atoms with Crippen LogP contribution in [0.25, 0.3) is 0 Å². The molecular weight excluding hydrogens is 386 g/mol. The minimum atomic E-state index is -0.254. The molecular formula is C21H31N5O4. The molecule has 1 aromatic rings. The van der Waals surface area contributed by atoms with Gasteiger partial charge in [-0.25, -0.2) is 0 Å². The van der Waals surface area contributed by atoms with E-state index in [1.165, 1.54) is 6.92 Å². The first-order valence-corrected chi connectivity index (χ1v) is 10.4. The summed E-state index contributed by atoms with van der Waals surface area (Å²) in [5, 5.41) is 6.05. The van der Waals surface area contributed by atoms with Gasteiger partial charge in [0.1, 0.15) is 18.5 Å². The Morgan fingerprint density at radius 2 is 2.00 bits per heavy atom. The van der Waals surface area contributed by atoms with Gasteiger partial charge in [-0.3, -0.25) is 14.6 Å². The van der Waals surface area contributed by atoms with E-state index in [1.54, 1.807) is 13.1 Å². The van der Waals surface area contributed by atoms with Crippen molar-refractivity contribution in [2.45, 2.75) is 25.9 Å². The molecule has 2 heterocycles. The van der Waals surface area contributed by atoms with E-state index in [0.717, 1.165) is 31.9 Å². The van der Waals surface area contributed by atoms with Crippen LogP contribution in [-0.2, 0) is 14.3 Å². The zero-order chi connectivity index (χ0) is 21.3. The van der Waals surface area contributed by atoms with Crippen LogP contribution in [0.15, 0.2) is 29.3 Å². The van der Waals surface area contributed by atoms with Gasteiger partial charge in [0.25, 0.3) is 5.91 Å². The van der Waals surface area contributed by atoms with Gasteiger partial charge in [0.15, 0.2) is 5.96 Å². The lowest BCUT2D eigenvalue weighted by Gasteiger charge is -2.37. The maximum Gasteiger partial charge on any atom is 0.251 e. The highest BCUT2D eigenvalue weighted by Crippen LogP contribution is 2.17. The predicted octanol–water partition coefficient (Wildman–Crippen LogP) is 0.922. The summed E-state index contributed by atoms with van der Waals surface area (Å²) in [6, 6.07) is 7.30. The highest BCUT2D eigenvalue weighted by molar-refractivity contribution is 5.88. The molecule has 0 radical (unpaired) electrons. The third-order valence-electron chi connectivity index (χ3n) is 5.12. The van der Waals surface area contributed by atoms with Gasteiger partial charge in [-0.2, -0.15) is 0 Å². The molecule has 2 saturated heterocycles. The zero-order valence-corrected chi connectivity index (χ0v) is 17.7. The van der Waals surface area contributed by atoms with E-state index >= 15 is 0 Å². The molecule has 9 nitrogen and oxygen atoms in total. The molecule has 0 aliphatic carbocycles. The van der Waals surface area contributed by atoms with Crippen molar-refractivity contribution in [3.05, 3.63) is 24.3 Å². The lowest BCUT2D eigenvalue weighted by Crippen LogP contribution is -2.55. The highest BCUT2D eigenvalue weighted by atomic mass is 16.5. The number of guanidine groups is 1. The number of nitrogens with zero attached hydrogens (tertiary/aromatic N) is 3. The Morgan fingerprint density at radius 1 is 1.23 bits per heavy atom. The third kappa shape index (κ3) is 6.09. The number of carbonyl (C=O) groups is 2. The normalized spacial score (nSPS) is 19.5. The first-order chi connectivity index (χ1) is 14.6. The highest BCUT2D eigenvalue weighted by Gasteiger charge is 2.30. The zero-order valence-electron chi connectivity index (χ0n) is 17.7. The van der Waals surface area contributed by atoms with Crippen LogP contribution < -0.4 is 15.4 Å². The molecule has 0 bridgehead atoms. The molecule has 1 atom stereocenters. The van der Waals surface area contributed by atoms with E-state index < -0.39 is 0 Å². The number of nitrogens with one attached hydrogen (secondary N) is 2. The minimum Gasteiger partial charge on any atom is -0.492 e. The molecule has 30 heavy (non-hydrogen) atoms. The van der Waals surface area contributed by atoms with E-state index in [-0.39, 0.29) is 17.9 Å². The number of benzene rings is 1. The maximum absolute atomic E-state index is 12.5. The molecule has 1 unspecified atom stereocenters. The third-order valence-corrected chi connectivity index (χ3v) is 5.12. The van der Waals surface area contributed by atoms with Gasteiger partial charge < -0.3 is 29.9 Å². The second kappa shape index (κ2) is 10.8. The molecule has 2 N–H and O–H groups in total. The Kier molecular flexibility index (Phi) is 7.89. The summed E-state index contributed by atoms with van der Waals surface area (Å²) in [6.45, 7) is 6.02. The Balaban J connectivity index is 1.39. The first-order valence-electron chi connectivity index (χ1n) is 10.4. The van der Waals surface area contributed by atoms with Gasteiger partial charge in [0.05, 0.1) is 6.54 Å². The number of piperazine rings is 1. The fraction of sp³-hybridized carbons (Fsp3) is 0.571. The summed E-state index contributed by atoms with van der Waals surface area (Å²) < 4.78 is 11.3. The van der Waals surface area contributed by atoms with Crippen molar-refractivity contribution in [3.8, 4) is 5.75 Å². The summed E-state index contributed by atoms with van der Waals surface area (Å²) in [5.74, 6) is 1.49. The number of amides is 2. The molecule has 0 saturated carbocycles. The average molecular weight is 418 g/mol. The average Bonchev–Trinajstić information content (AvgIpc) is 3.28. The van der Waals surface area contributed by atoms with Crippen molar-refractivity contribution in [2.75, 3.05) is 58.3 Å². The van der Waals surface area contributed by atoms with Crippen molar-refractivity contribution in [1.82, 2.24) is 15.1 Å². The molecule has 1 aromatic carbocycles. The molecule has 164 valence electrons. The maximum atomic E-state index is 12.5.